The predicted molar refractivity (Wildman–Crippen MR) is 122 cm³/mol. The van der Waals surface area contributed by atoms with E-state index in [1.165, 1.54) is 17.7 Å². The summed E-state index contributed by atoms with van der Waals surface area (Å²) in [5.41, 5.74) is 3.99. The molecule has 166 valence electrons. The largest absolute Gasteiger partial charge is 0.440 e. The molecule has 0 aliphatic carbocycles. The van der Waals surface area contributed by atoms with Crippen LogP contribution >= 0.6 is 0 Å². The molecule has 0 saturated carbocycles. The van der Waals surface area contributed by atoms with E-state index in [9.17, 15) is 9.59 Å². The third-order valence-corrected chi connectivity index (χ3v) is 6.13. The molecule has 8 nitrogen and oxygen atoms in total. The standard InChI is InChI=1S/C24H27N5O3/c1-16-8-10-29(11-9-16)21-12-17(18-14-27(2)24(31)28(3)15-18)4-6-20(21)26-23(30)22-7-5-19(13-25)32-22/h4-7,12,18H,1,8-11,14-15H2,2-3H3,(H,26,30). The summed E-state index contributed by atoms with van der Waals surface area (Å²) in [6, 6.07) is 10.9. The molecule has 2 aliphatic heterocycles. The molecule has 1 aromatic heterocycles. The van der Waals surface area contributed by atoms with Gasteiger partial charge in [-0.3, -0.25) is 4.79 Å². The van der Waals surface area contributed by atoms with Gasteiger partial charge in [-0.1, -0.05) is 18.2 Å². The van der Waals surface area contributed by atoms with Gasteiger partial charge in [0.2, 0.25) is 5.76 Å². The van der Waals surface area contributed by atoms with Gasteiger partial charge in [-0.25, -0.2) is 4.79 Å². The van der Waals surface area contributed by atoms with Crippen molar-refractivity contribution in [1.82, 2.24) is 9.80 Å². The van der Waals surface area contributed by atoms with E-state index >= 15 is 0 Å². The van der Waals surface area contributed by atoms with E-state index in [1.54, 1.807) is 9.80 Å². The summed E-state index contributed by atoms with van der Waals surface area (Å²) >= 11 is 0. The zero-order valence-electron chi connectivity index (χ0n) is 18.4. The average molecular weight is 434 g/mol. The molecule has 0 unspecified atom stereocenters. The number of nitriles is 1. The van der Waals surface area contributed by atoms with E-state index in [4.69, 9.17) is 9.68 Å². The number of likely N-dealkylation sites (N-methyl/N-ethyl adjacent to an activating group) is 2. The van der Waals surface area contributed by atoms with Crippen molar-refractivity contribution in [3.63, 3.8) is 0 Å². The highest BCUT2D eigenvalue weighted by Crippen LogP contribution is 2.34. The lowest BCUT2D eigenvalue weighted by Gasteiger charge is -2.37. The fourth-order valence-corrected chi connectivity index (χ4v) is 4.32. The molecule has 32 heavy (non-hydrogen) atoms. The number of carbonyl (C=O) groups is 2. The van der Waals surface area contributed by atoms with Gasteiger partial charge in [-0.2, -0.15) is 5.26 Å². The maximum Gasteiger partial charge on any atom is 0.319 e. The van der Waals surface area contributed by atoms with Crippen molar-refractivity contribution in [2.75, 3.05) is 50.5 Å². The Morgan fingerprint density at radius 3 is 2.47 bits per heavy atom. The first kappa shape index (κ1) is 21.5. The zero-order valence-corrected chi connectivity index (χ0v) is 18.4. The van der Waals surface area contributed by atoms with E-state index in [0.717, 1.165) is 37.2 Å². The molecule has 0 radical (unpaired) electrons. The molecule has 1 aromatic carbocycles. The molecule has 2 fully saturated rings. The van der Waals surface area contributed by atoms with E-state index < -0.39 is 5.91 Å². The van der Waals surface area contributed by atoms with Crippen molar-refractivity contribution in [3.8, 4) is 6.07 Å². The molecule has 3 heterocycles. The van der Waals surface area contributed by atoms with Crippen LogP contribution < -0.4 is 10.2 Å². The summed E-state index contributed by atoms with van der Waals surface area (Å²) in [5, 5.41) is 11.9. The predicted octanol–water partition coefficient (Wildman–Crippen LogP) is 3.64. The smallest absolute Gasteiger partial charge is 0.319 e. The second kappa shape index (κ2) is 8.79. The number of anilines is 2. The lowest BCUT2D eigenvalue weighted by molar-refractivity contribution is 0.0996. The SMILES string of the molecule is C=C1CCN(c2cc(C3CN(C)C(=O)N(C)C3)ccc2NC(=O)c2ccc(C#N)o2)CC1. The van der Waals surface area contributed by atoms with Crippen molar-refractivity contribution in [2.24, 2.45) is 0 Å². The van der Waals surface area contributed by atoms with Crippen LogP contribution in [0.4, 0.5) is 16.2 Å². The number of hydrogen-bond donors (Lipinski definition) is 1. The van der Waals surface area contributed by atoms with E-state index in [2.05, 4.69) is 22.9 Å². The van der Waals surface area contributed by atoms with Gasteiger partial charge in [-0.05, 0) is 42.7 Å². The molecule has 3 amide bonds. The van der Waals surface area contributed by atoms with Gasteiger partial charge in [0.15, 0.2) is 5.76 Å². The molecule has 1 N–H and O–H groups in total. The molecular formula is C24H27N5O3. The molecule has 4 rings (SSSR count). The first-order chi connectivity index (χ1) is 15.4. The van der Waals surface area contributed by atoms with Crippen molar-refractivity contribution in [3.05, 3.63) is 59.6 Å². The van der Waals surface area contributed by atoms with Crippen LogP contribution in [-0.2, 0) is 0 Å². The number of benzene rings is 1. The van der Waals surface area contributed by atoms with Crippen LogP contribution in [0.3, 0.4) is 0 Å². The molecule has 0 atom stereocenters. The highest BCUT2D eigenvalue weighted by molar-refractivity contribution is 6.04. The molecule has 0 spiro atoms. The minimum absolute atomic E-state index is 0.0232. The lowest BCUT2D eigenvalue weighted by atomic mass is 9.94. The summed E-state index contributed by atoms with van der Waals surface area (Å²) in [6.45, 7) is 7.05. The van der Waals surface area contributed by atoms with Crippen LogP contribution in [0.25, 0.3) is 0 Å². The van der Waals surface area contributed by atoms with Gasteiger partial charge in [0, 0.05) is 46.2 Å². The second-order valence-electron chi connectivity index (χ2n) is 8.48. The number of hydrogen-bond acceptors (Lipinski definition) is 5. The molecule has 2 saturated heterocycles. The van der Waals surface area contributed by atoms with Crippen LogP contribution in [0, 0.1) is 11.3 Å². The molecular weight excluding hydrogens is 406 g/mol. The van der Waals surface area contributed by atoms with Crippen molar-refractivity contribution in [1.29, 1.82) is 5.26 Å². The highest BCUT2D eigenvalue weighted by atomic mass is 16.3. The van der Waals surface area contributed by atoms with Crippen LogP contribution in [-0.4, -0.2) is 62.0 Å². The molecule has 2 aliphatic rings. The first-order valence-electron chi connectivity index (χ1n) is 10.7. The number of furan rings is 1. The van der Waals surface area contributed by atoms with Crippen molar-refractivity contribution in [2.45, 2.75) is 18.8 Å². The topological polar surface area (TPSA) is 92.8 Å². The van der Waals surface area contributed by atoms with Crippen LogP contribution in [0.5, 0.6) is 0 Å². The van der Waals surface area contributed by atoms with E-state index in [1.807, 2.05) is 32.3 Å². The number of rotatable bonds is 4. The fraction of sp³-hybridized carbons (Fsp3) is 0.375. The first-order valence-corrected chi connectivity index (χ1v) is 10.7. The number of urea groups is 1. The second-order valence-corrected chi connectivity index (χ2v) is 8.48. The number of piperidine rings is 1. The minimum atomic E-state index is -0.398. The normalized spacial score (nSPS) is 17.5. The Labute approximate surface area is 187 Å². The minimum Gasteiger partial charge on any atom is -0.440 e. The maximum absolute atomic E-state index is 12.7. The Kier molecular flexibility index (Phi) is 5.91. The number of nitrogens with zero attached hydrogens (tertiary/aromatic N) is 4. The zero-order chi connectivity index (χ0) is 22.8. The number of carbonyl (C=O) groups excluding carboxylic acids is 2. The van der Waals surface area contributed by atoms with Gasteiger partial charge in [0.05, 0.1) is 11.4 Å². The fourth-order valence-electron chi connectivity index (χ4n) is 4.32. The quantitative estimate of drug-likeness (QED) is 0.743. The highest BCUT2D eigenvalue weighted by Gasteiger charge is 2.29. The number of nitrogens with one attached hydrogen (secondary N) is 1. The Balaban J connectivity index is 1.63. The van der Waals surface area contributed by atoms with Crippen LogP contribution in [0.15, 0.2) is 46.9 Å². The van der Waals surface area contributed by atoms with Gasteiger partial charge in [0.1, 0.15) is 6.07 Å². The molecule has 8 heteroatoms. The Morgan fingerprint density at radius 2 is 1.84 bits per heavy atom. The third-order valence-electron chi connectivity index (χ3n) is 6.13. The van der Waals surface area contributed by atoms with Crippen molar-refractivity contribution >= 4 is 23.3 Å². The molecule has 2 aromatic rings. The Hall–Kier alpha value is -3.73. The van der Waals surface area contributed by atoms with Gasteiger partial charge in [-0.15, -0.1) is 0 Å². The third kappa shape index (κ3) is 4.33. The van der Waals surface area contributed by atoms with Crippen molar-refractivity contribution < 1.29 is 14.0 Å². The summed E-state index contributed by atoms with van der Waals surface area (Å²) in [7, 11) is 3.63. The summed E-state index contributed by atoms with van der Waals surface area (Å²) in [5.74, 6) is -0.0307. The van der Waals surface area contributed by atoms with Crippen LogP contribution in [0.2, 0.25) is 0 Å². The monoisotopic (exact) mass is 433 g/mol. The summed E-state index contributed by atoms with van der Waals surface area (Å²) < 4.78 is 5.28. The van der Waals surface area contributed by atoms with Gasteiger partial charge in [0.25, 0.3) is 5.91 Å². The summed E-state index contributed by atoms with van der Waals surface area (Å²) in [4.78, 5) is 30.6. The number of amides is 3. The average Bonchev–Trinajstić information content (AvgIpc) is 3.27. The van der Waals surface area contributed by atoms with E-state index in [-0.39, 0.29) is 23.5 Å². The van der Waals surface area contributed by atoms with Gasteiger partial charge >= 0.3 is 6.03 Å². The Morgan fingerprint density at radius 1 is 1.16 bits per heavy atom. The summed E-state index contributed by atoms with van der Waals surface area (Å²) in [6.07, 6.45) is 1.81. The van der Waals surface area contributed by atoms with Gasteiger partial charge < -0.3 is 24.4 Å². The Bertz CT molecular complexity index is 1080. The lowest BCUT2D eigenvalue weighted by Crippen LogP contribution is -2.48. The molecule has 0 bridgehead atoms. The van der Waals surface area contributed by atoms with Crippen LogP contribution in [0.1, 0.15) is 40.6 Å². The maximum atomic E-state index is 12.7. The van der Waals surface area contributed by atoms with E-state index in [0.29, 0.717) is 18.8 Å².